The van der Waals surface area contributed by atoms with Crippen LogP contribution in [-0.4, -0.2) is 32.9 Å². The van der Waals surface area contributed by atoms with Crippen molar-refractivity contribution in [3.8, 4) is 23.2 Å². The van der Waals surface area contributed by atoms with Crippen molar-refractivity contribution in [3.63, 3.8) is 0 Å². The molecule has 142 valence electrons. The lowest BCUT2D eigenvalue weighted by Gasteiger charge is -2.07. The number of piperidine rings is 1. The molecule has 0 spiro atoms. The van der Waals surface area contributed by atoms with Crippen LogP contribution in [0.3, 0.4) is 0 Å². The van der Waals surface area contributed by atoms with E-state index >= 15 is 0 Å². The molecule has 4 atom stereocenters. The third-order valence-corrected chi connectivity index (χ3v) is 5.66. The van der Waals surface area contributed by atoms with E-state index in [0.717, 1.165) is 47.5 Å². The molecule has 3 aromatic rings. The van der Waals surface area contributed by atoms with Crippen molar-refractivity contribution in [1.82, 2.24) is 20.0 Å². The zero-order valence-corrected chi connectivity index (χ0v) is 15.7. The number of fused-ring (bicyclic) bond motifs is 1. The third kappa shape index (κ3) is 3.24. The van der Waals surface area contributed by atoms with Crippen molar-refractivity contribution in [2.75, 3.05) is 13.1 Å². The van der Waals surface area contributed by atoms with Crippen molar-refractivity contribution >= 4 is 0 Å². The number of nitrogens with one attached hydrogen (secondary N) is 1. The van der Waals surface area contributed by atoms with E-state index in [1.807, 2.05) is 41.1 Å². The topological polar surface area (TPSA) is 76.1 Å². The molecule has 2 N–H and O–H groups in total. The fraction of sp³-hybridized carbons (Fsp3) is 0.364. The monoisotopic (exact) mass is 374 g/mol. The molecule has 0 bridgehead atoms. The molecule has 0 amide bonds. The van der Waals surface area contributed by atoms with Gasteiger partial charge in [0.1, 0.15) is 17.6 Å². The average molecular weight is 374 g/mol. The molecule has 6 nitrogen and oxygen atoms in total. The molecule has 6 heteroatoms. The van der Waals surface area contributed by atoms with E-state index in [1.165, 1.54) is 0 Å². The van der Waals surface area contributed by atoms with Crippen LogP contribution in [0.5, 0.6) is 0 Å². The Morgan fingerprint density at radius 2 is 2.07 bits per heavy atom. The maximum atomic E-state index is 9.77. The molecule has 5 rings (SSSR count). The second-order valence-corrected chi connectivity index (χ2v) is 7.63. The third-order valence-electron chi connectivity index (χ3n) is 5.66. The molecular weight excluding hydrogens is 352 g/mol. The van der Waals surface area contributed by atoms with E-state index in [2.05, 4.69) is 27.3 Å². The molecule has 1 saturated carbocycles. The number of nitrogens with zero attached hydrogens (tertiary/aromatic N) is 3. The highest BCUT2D eigenvalue weighted by atomic mass is 16.5. The van der Waals surface area contributed by atoms with Crippen molar-refractivity contribution in [2.24, 2.45) is 17.8 Å². The Balaban J connectivity index is 1.27. The normalized spacial score (nSPS) is 23.7. The summed E-state index contributed by atoms with van der Waals surface area (Å²) in [6.07, 6.45) is 2.88. The standard InChI is InChI=1S/C22H22N4O2/c1-14(27)22-24-8-9-26(22)13-17-10-21(28-25-17)16-5-2-15(3-6-16)4-7-18-19-11-23-12-20(18)19/h2-3,5-6,8-10,14,18-20,23,27H,11-13H2,1H3/t14-,18-,19-,20+/m0/s1. The molecule has 1 aliphatic carbocycles. The second kappa shape index (κ2) is 6.93. The smallest absolute Gasteiger partial charge is 0.167 e. The molecule has 1 aromatic carbocycles. The minimum absolute atomic E-state index is 0.506. The molecule has 3 heterocycles. The fourth-order valence-corrected chi connectivity index (χ4v) is 4.04. The summed E-state index contributed by atoms with van der Waals surface area (Å²) in [6.45, 7) is 4.44. The van der Waals surface area contributed by atoms with Gasteiger partial charge in [0.25, 0.3) is 0 Å². The Morgan fingerprint density at radius 3 is 2.82 bits per heavy atom. The predicted molar refractivity (Wildman–Crippen MR) is 104 cm³/mol. The Hall–Kier alpha value is -2.88. The van der Waals surface area contributed by atoms with Gasteiger partial charge in [-0.25, -0.2) is 4.98 Å². The van der Waals surface area contributed by atoms with Crippen molar-refractivity contribution in [3.05, 3.63) is 59.8 Å². The van der Waals surface area contributed by atoms with Gasteiger partial charge in [-0.2, -0.15) is 0 Å². The first kappa shape index (κ1) is 17.2. The van der Waals surface area contributed by atoms with Gasteiger partial charge in [-0.05, 0) is 56.1 Å². The summed E-state index contributed by atoms with van der Waals surface area (Å²) in [5.74, 6) is 10.2. The first-order valence-electron chi connectivity index (χ1n) is 9.66. The maximum Gasteiger partial charge on any atom is 0.167 e. The Morgan fingerprint density at radius 1 is 1.29 bits per heavy atom. The molecule has 2 fully saturated rings. The van der Waals surface area contributed by atoms with Gasteiger partial charge in [-0.15, -0.1) is 0 Å². The van der Waals surface area contributed by atoms with Crippen LogP contribution in [-0.2, 0) is 6.54 Å². The summed E-state index contributed by atoms with van der Waals surface area (Å²) in [5, 5.41) is 17.3. The summed E-state index contributed by atoms with van der Waals surface area (Å²) in [4.78, 5) is 4.18. The van der Waals surface area contributed by atoms with Gasteiger partial charge < -0.3 is 19.5 Å². The lowest BCUT2D eigenvalue weighted by atomic mass is 10.1. The van der Waals surface area contributed by atoms with Crippen molar-refractivity contribution in [1.29, 1.82) is 0 Å². The van der Waals surface area contributed by atoms with Gasteiger partial charge in [0.05, 0.1) is 6.54 Å². The van der Waals surface area contributed by atoms with Gasteiger partial charge in [0, 0.05) is 35.5 Å². The van der Waals surface area contributed by atoms with Gasteiger partial charge in [-0.1, -0.05) is 17.0 Å². The number of hydrogen-bond donors (Lipinski definition) is 2. The fourth-order valence-electron chi connectivity index (χ4n) is 4.04. The van der Waals surface area contributed by atoms with Crippen LogP contribution in [0.15, 0.2) is 47.2 Å². The highest BCUT2D eigenvalue weighted by Gasteiger charge is 2.51. The second-order valence-electron chi connectivity index (χ2n) is 7.63. The van der Waals surface area contributed by atoms with E-state index in [9.17, 15) is 5.11 Å². The molecule has 0 unspecified atom stereocenters. The Labute approximate surface area is 163 Å². The van der Waals surface area contributed by atoms with Crippen LogP contribution < -0.4 is 5.32 Å². The predicted octanol–water partition coefficient (Wildman–Crippen LogP) is 2.46. The van der Waals surface area contributed by atoms with Gasteiger partial charge in [0.2, 0.25) is 0 Å². The minimum atomic E-state index is -0.624. The van der Waals surface area contributed by atoms with E-state index in [4.69, 9.17) is 4.52 Å². The minimum Gasteiger partial charge on any atom is -0.385 e. The largest absolute Gasteiger partial charge is 0.385 e. The number of aliphatic hydroxyl groups excluding tert-OH is 1. The highest BCUT2D eigenvalue weighted by Crippen LogP contribution is 2.48. The van der Waals surface area contributed by atoms with Crippen LogP contribution in [0, 0.1) is 29.6 Å². The molecule has 28 heavy (non-hydrogen) atoms. The number of imidazole rings is 1. The lowest BCUT2D eigenvalue weighted by Crippen LogP contribution is -2.13. The van der Waals surface area contributed by atoms with E-state index in [0.29, 0.717) is 18.3 Å². The van der Waals surface area contributed by atoms with Crippen LogP contribution in [0.25, 0.3) is 11.3 Å². The van der Waals surface area contributed by atoms with Crippen LogP contribution in [0.1, 0.15) is 30.1 Å². The number of aromatic nitrogens is 3. The Kier molecular flexibility index (Phi) is 4.27. The van der Waals surface area contributed by atoms with E-state index in [-0.39, 0.29) is 0 Å². The van der Waals surface area contributed by atoms with Crippen LogP contribution in [0.2, 0.25) is 0 Å². The molecule has 1 saturated heterocycles. The molecular formula is C22H22N4O2. The molecule has 2 aliphatic rings. The maximum absolute atomic E-state index is 9.77. The number of benzene rings is 1. The lowest BCUT2D eigenvalue weighted by molar-refractivity contribution is 0.184. The summed E-state index contributed by atoms with van der Waals surface area (Å²) < 4.78 is 7.38. The Bertz CT molecular complexity index is 1030. The zero-order valence-electron chi connectivity index (χ0n) is 15.7. The van der Waals surface area contributed by atoms with Crippen molar-refractivity contribution in [2.45, 2.75) is 19.6 Å². The summed E-state index contributed by atoms with van der Waals surface area (Å²) in [6, 6.07) is 10.0. The summed E-state index contributed by atoms with van der Waals surface area (Å²) in [7, 11) is 0. The van der Waals surface area contributed by atoms with E-state index in [1.54, 1.807) is 13.1 Å². The van der Waals surface area contributed by atoms with Crippen LogP contribution in [0.4, 0.5) is 0 Å². The zero-order chi connectivity index (χ0) is 19.1. The van der Waals surface area contributed by atoms with Crippen molar-refractivity contribution < 1.29 is 9.63 Å². The number of rotatable bonds is 4. The van der Waals surface area contributed by atoms with E-state index < -0.39 is 6.10 Å². The first-order valence-corrected chi connectivity index (χ1v) is 9.66. The SMILES string of the molecule is C[C@H](O)c1nccn1Cc1cc(-c2ccc(C#C[C@@H]3[C@H]4CNC[C@@H]34)cc2)on1. The molecule has 2 aromatic heterocycles. The first-order chi connectivity index (χ1) is 13.7. The van der Waals surface area contributed by atoms with Gasteiger partial charge in [0.15, 0.2) is 5.76 Å². The quantitative estimate of drug-likeness (QED) is 0.686. The average Bonchev–Trinajstić information content (AvgIpc) is 3.21. The van der Waals surface area contributed by atoms with Gasteiger partial charge >= 0.3 is 0 Å². The summed E-state index contributed by atoms with van der Waals surface area (Å²) >= 11 is 0. The molecule has 1 aliphatic heterocycles. The summed E-state index contributed by atoms with van der Waals surface area (Å²) in [5.41, 5.74) is 2.78. The number of aliphatic hydroxyl groups is 1. The molecule has 0 radical (unpaired) electrons. The van der Waals surface area contributed by atoms with Crippen LogP contribution >= 0.6 is 0 Å². The highest BCUT2D eigenvalue weighted by molar-refractivity contribution is 5.59. The van der Waals surface area contributed by atoms with Gasteiger partial charge in [-0.3, -0.25) is 0 Å². The number of hydrogen-bond acceptors (Lipinski definition) is 5.